The fraction of sp³-hybridized carbons (Fsp3) is 0.333. The normalized spacial score (nSPS) is 17.8. The van der Waals surface area contributed by atoms with Crippen molar-refractivity contribution in [2.45, 2.75) is 18.9 Å². The molecular weight excluding hydrogens is 312 g/mol. The third-order valence-corrected chi connectivity index (χ3v) is 4.86. The van der Waals surface area contributed by atoms with E-state index in [9.17, 15) is 4.79 Å². The van der Waals surface area contributed by atoms with E-state index in [0.717, 1.165) is 35.4 Å². The lowest BCUT2D eigenvalue weighted by Gasteiger charge is -2.25. The van der Waals surface area contributed by atoms with Gasteiger partial charge in [0.25, 0.3) is 0 Å². The Morgan fingerprint density at radius 3 is 3.17 bits per heavy atom. The Balaban J connectivity index is 1.61. The number of fused-ring (bicyclic) bond motifs is 1. The van der Waals surface area contributed by atoms with Gasteiger partial charge in [-0.25, -0.2) is 9.97 Å². The summed E-state index contributed by atoms with van der Waals surface area (Å²) in [5.74, 6) is 0.831. The molecular formula is C15H16N6OS. The number of nitrogens with one attached hydrogen (secondary N) is 1. The van der Waals surface area contributed by atoms with Crippen molar-refractivity contribution in [2.24, 2.45) is 7.05 Å². The van der Waals surface area contributed by atoms with E-state index in [4.69, 9.17) is 0 Å². The Kier molecular flexibility index (Phi) is 3.45. The number of carbonyl (C=O) groups excluding carboxylic acids is 1. The van der Waals surface area contributed by atoms with Crippen LogP contribution in [-0.2, 0) is 11.8 Å². The molecule has 7 nitrogen and oxygen atoms in total. The zero-order valence-electron chi connectivity index (χ0n) is 12.6. The molecule has 4 heterocycles. The maximum Gasteiger partial charge on any atom is 0.247 e. The molecule has 0 bridgehead atoms. The van der Waals surface area contributed by atoms with Crippen LogP contribution in [0.25, 0.3) is 10.2 Å². The molecule has 118 valence electrons. The van der Waals surface area contributed by atoms with Gasteiger partial charge < -0.3 is 10.2 Å². The number of nitrogens with zero attached hydrogens (tertiary/aromatic N) is 5. The standard InChI is InChI=1S/C15H16N6OS/c1-20-8-10(7-18-20)19-14(22)12-3-2-5-21(12)13-11-4-6-23-15(11)17-9-16-13/h4,6-9,12H,2-3,5H2,1H3,(H,19,22). The van der Waals surface area contributed by atoms with Gasteiger partial charge in [0.15, 0.2) is 0 Å². The summed E-state index contributed by atoms with van der Waals surface area (Å²) in [6.45, 7) is 0.826. The lowest BCUT2D eigenvalue weighted by molar-refractivity contribution is -0.117. The molecule has 1 aliphatic heterocycles. The molecule has 3 aromatic rings. The van der Waals surface area contributed by atoms with E-state index in [1.165, 1.54) is 0 Å². The Morgan fingerprint density at radius 1 is 1.43 bits per heavy atom. The van der Waals surface area contributed by atoms with Crippen LogP contribution in [0.4, 0.5) is 11.5 Å². The largest absolute Gasteiger partial charge is 0.344 e. The molecule has 1 N–H and O–H groups in total. The van der Waals surface area contributed by atoms with E-state index in [0.29, 0.717) is 5.69 Å². The highest BCUT2D eigenvalue weighted by molar-refractivity contribution is 7.16. The molecule has 0 aliphatic carbocycles. The van der Waals surface area contributed by atoms with E-state index in [2.05, 4.69) is 25.3 Å². The van der Waals surface area contributed by atoms with Crippen molar-refractivity contribution in [1.29, 1.82) is 0 Å². The zero-order valence-corrected chi connectivity index (χ0v) is 13.5. The average Bonchev–Trinajstić information content (AvgIpc) is 3.26. The first kappa shape index (κ1) is 14.1. The van der Waals surface area contributed by atoms with Gasteiger partial charge in [0, 0.05) is 19.8 Å². The predicted molar refractivity (Wildman–Crippen MR) is 89.6 cm³/mol. The predicted octanol–water partition coefficient (Wildman–Crippen LogP) is 2.03. The van der Waals surface area contributed by atoms with Gasteiger partial charge in [0.1, 0.15) is 23.0 Å². The molecule has 1 aliphatic rings. The van der Waals surface area contributed by atoms with Crippen LogP contribution in [0.2, 0.25) is 0 Å². The number of anilines is 2. The minimum Gasteiger partial charge on any atom is -0.344 e. The highest BCUT2D eigenvalue weighted by Gasteiger charge is 2.33. The molecule has 0 aromatic carbocycles. The fourth-order valence-corrected chi connectivity index (χ4v) is 3.74. The van der Waals surface area contributed by atoms with Crippen LogP contribution >= 0.6 is 11.3 Å². The van der Waals surface area contributed by atoms with Gasteiger partial charge in [0.2, 0.25) is 5.91 Å². The van der Waals surface area contributed by atoms with E-state index < -0.39 is 0 Å². The van der Waals surface area contributed by atoms with E-state index in [1.807, 2.05) is 18.5 Å². The number of hydrogen-bond acceptors (Lipinski definition) is 6. The molecule has 1 atom stereocenters. The lowest BCUT2D eigenvalue weighted by atomic mass is 10.2. The zero-order chi connectivity index (χ0) is 15.8. The van der Waals surface area contributed by atoms with Gasteiger partial charge in [-0.15, -0.1) is 11.3 Å². The molecule has 3 aromatic heterocycles. The van der Waals surface area contributed by atoms with Gasteiger partial charge in [-0.05, 0) is 24.3 Å². The van der Waals surface area contributed by atoms with Crippen molar-refractivity contribution >= 4 is 39.0 Å². The monoisotopic (exact) mass is 328 g/mol. The second-order valence-electron chi connectivity index (χ2n) is 5.58. The second kappa shape index (κ2) is 5.62. The molecule has 1 amide bonds. The van der Waals surface area contributed by atoms with E-state index in [-0.39, 0.29) is 11.9 Å². The summed E-state index contributed by atoms with van der Waals surface area (Å²) in [6.07, 6.45) is 6.81. The van der Waals surface area contributed by atoms with Crippen LogP contribution in [0, 0.1) is 0 Å². The van der Waals surface area contributed by atoms with Gasteiger partial charge >= 0.3 is 0 Å². The summed E-state index contributed by atoms with van der Waals surface area (Å²) in [4.78, 5) is 24.4. The molecule has 1 saturated heterocycles. The lowest BCUT2D eigenvalue weighted by Crippen LogP contribution is -2.40. The minimum atomic E-state index is -0.215. The number of amides is 1. The number of carbonyl (C=O) groups is 1. The Labute approximate surface area is 137 Å². The topological polar surface area (TPSA) is 75.9 Å². The van der Waals surface area contributed by atoms with Crippen molar-refractivity contribution < 1.29 is 4.79 Å². The van der Waals surface area contributed by atoms with Crippen molar-refractivity contribution in [3.8, 4) is 0 Å². The molecule has 1 fully saturated rings. The summed E-state index contributed by atoms with van der Waals surface area (Å²) in [7, 11) is 1.83. The van der Waals surface area contributed by atoms with Gasteiger partial charge in [-0.1, -0.05) is 0 Å². The van der Waals surface area contributed by atoms with Crippen molar-refractivity contribution in [1.82, 2.24) is 19.7 Å². The van der Waals surface area contributed by atoms with Crippen LogP contribution in [0.3, 0.4) is 0 Å². The quantitative estimate of drug-likeness (QED) is 0.796. The molecule has 8 heteroatoms. The van der Waals surface area contributed by atoms with Gasteiger partial charge in [0.05, 0.1) is 17.3 Å². The van der Waals surface area contributed by atoms with Crippen molar-refractivity contribution in [2.75, 3.05) is 16.8 Å². The molecule has 0 saturated carbocycles. The molecule has 0 radical (unpaired) electrons. The maximum absolute atomic E-state index is 12.7. The molecule has 4 rings (SSSR count). The van der Waals surface area contributed by atoms with Crippen LogP contribution in [0.15, 0.2) is 30.2 Å². The Morgan fingerprint density at radius 2 is 2.35 bits per heavy atom. The van der Waals surface area contributed by atoms with Gasteiger partial charge in [-0.2, -0.15) is 5.10 Å². The molecule has 0 spiro atoms. The van der Waals surface area contributed by atoms with Gasteiger partial charge in [-0.3, -0.25) is 9.48 Å². The summed E-state index contributed by atoms with van der Waals surface area (Å²) in [5.41, 5.74) is 0.715. The first-order valence-corrected chi connectivity index (χ1v) is 8.35. The highest BCUT2D eigenvalue weighted by atomic mass is 32.1. The SMILES string of the molecule is Cn1cc(NC(=O)C2CCCN2c2ncnc3sccc23)cn1. The number of aryl methyl sites for hydroxylation is 1. The number of hydrogen-bond donors (Lipinski definition) is 1. The first-order chi connectivity index (χ1) is 11.2. The average molecular weight is 328 g/mol. The summed E-state index contributed by atoms with van der Waals surface area (Å²) in [5, 5.41) is 10.0. The van der Waals surface area contributed by atoms with E-state index >= 15 is 0 Å². The van der Waals surface area contributed by atoms with Crippen molar-refractivity contribution in [3.05, 3.63) is 30.2 Å². The van der Waals surface area contributed by atoms with Crippen LogP contribution < -0.4 is 10.2 Å². The summed E-state index contributed by atoms with van der Waals surface area (Å²) in [6, 6.07) is 1.80. The number of aromatic nitrogens is 4. The second-order valence-corrected chi connectivity index (χ2v) is 6.47. The van der Waals surface area contributed by atoms with E-state index in [1.54, 1.807) is 34.7 Å². The number of rotatable bonds is 3. The third-order valence-electron chi connectivity index (χ3n) is 4.04. The summed E-state index contributed by atoms with van der Waals surface area (Å²) >= 11 is 1.59. The summed E-state index contributed by atoms with van der Waals surface area (Å²) < 4.78 is 1.67. The van der Waals surface area contributed by atoms with Crippen LogP contribution in [0.5, 0.6) is 0 Å². The maximum atomic E-state index is 12.7. The number of thiophene rings is 1. The molecule has 23 heavy (non-hydrogen) atoms. The highest BCUT2D eigenvalue weighted by Crippen LogP contribution is 2.32. The van der Waals surface area contributed by atoms with Crippen LogP contribution in [0.1, 0.15) is 12.8 Å². The van der Waals surface area contributed by atoms with Crippen LogP contribution in [-0.4, -0.2) is 38.2 Å². The first-order valence-electron chi connectivity index (χ1n) is 7.47. The Bertz CT molecular complexity index is 856. The smallest absolute Gasteiger partial charge is 0.247 e. The van der Waals surface area contributed by atoms with Crippen molar-refractivity contribution in [3.63, 3.8) is 0 Å². The third kappa shape index (κ3) is 2.55. The minimum absolute atomic E-state index is 0.0162. The molecule has 1 unspecified atom stereocenters. The fourth-order valence-electron chi connectivity index (χ4n) is 3.01. The Hall–Kier alpha value is -2.48.